The number of allylic oxidation sites excluding steroid dienone is 2. The monoisotopic (exact) mass is 268 g/mol. The Morgan fingerprint density at radius 3 is 2.11 bits per heavy atom. The second-order valence-electron chi connectivity index (χ2n) is 6.03. The fourth-order valence-electron chi connectivity index (χ4n) is 2.42. The lowest BCUT2D eigenvalue weighted by atomic mass is 10.1. The fourth-order valence-corrected chi connectivity index (χ4v) is 5.48. The van der Waals surface area contributed by atoms with E-state index in [-0.39, 0.29) is 0 Å². The summed E-state index contributed by atoms with van der Waals surface area (Å²) in [5, 5.41) is 0.346. The summed E-state index contributed by atoms with van der Waals surface area (Å²) >= 11 is 0. The average Bonchev–Trinajstić information content (AvgIpc) is 2.34. The maximum atomic E-state index is 6.00. The predicted molar refractivity (Wildman–Crippen MR) is 85.6 cm³/mol. The normalized spacial score (nSPS) is 15.1. The van der Waals surface area contributed by atoms with Crippen molar-refractivity contribution in [3.05, 3.63) is 25.3 Å². The van der Waals surface area contributed by atoms with Gasteiger partial charge in [0.2, 0.25) is 0 Å². The van der Waals surface area contributed by atoms with Crippen molar-refractivity contribution in [2.24, 2.45) is 0 Å². The molecule has 0 saturated carbocycles. The van der Waals surface area contributed by atoms with E-state index in [4.69, 9.17) is 4.43 Å². The first-order chi connectivity index (χ1) is 8.43. The lowest BCUT2D eigenvalue weighted by Gasteiger charge is -2.41. The van der Waals surface area contributed by atoms with Gasteiger partial charge in [0.05, 0.1) is 0 Å². The lowest BCUT2D eigenvalue weighted by Crippen LogP contribution is -2.44. The number of rotatable bonds is 11. The third-order valence-corrected chi connectivity index (χ3v) is 9.73. The summed E-state index contributed by atoms with van der Waals surface area (Å²) in [7, 11) is 0.292. The molecule has 2 heteroatoms. The SMILES string of the molecule is C=CCCCC[Si](C)(OC)C(C)(C)CCCC=C. The lowest BCUT2D eigenvalue weighted by molar-refractivity contribution is 0.347. The minimum absolute atomic E-state index is 0.346. The molecule has 0 aromatic heterocycles. The minimum Gasteiger partial charge on any atom is -0.420 e. The van der Waals surface area contributed by atoms with Crippen LogP contribution in [0.3, 0.4) is 0 Å². The Hall–Kier alpha value is -0.343. The molecule has 1 unspecified atom stereocenters. The Bertz CT molecular complexity index is 247. The fraction of sp³-hybridized carbons (Fsp3) is 0.750. The zero-order chi connectivity index (χ0) is 14.1. The molecule has 0 aliphatic rings. The molecule has 18 heavy (non-hydrogen) atoms. The smallest absolute Gasteiger partial charge is 0.194 e. The second kappa shape index (κ2) is 8.71. The number of unbranched alkanes of at least 4 members (excludes halogenated alkanes) is 3. The van der Waals surface area contributed by atoms with Gasteiger partial charge in [-0.05, 0) is 43.3 Å². The Balaban J connectivity index is 4.37. The first-order valence-electron chi connectivity index (χ1n) is 7.20. The van der Waals surface area contributed by atoms with Crippen LogP contribution in [0.1, 0.15) is 52.4 Å². The highest BCUT2D eigenvalue weighted by molar-refractivity contribution is 6.75. The zero-order valence-electron chi connectivity index (χ0n) is 12.9. The molecule has 0 heterocycles. The van der Waals surface area contributed by atoms with Crippen LogP contribution in [0.5, 0.6) is 0 Å². The van der Waals surface area contributed by atoms with Crippen LogP contribution in [0.15, 0.2) is 25.3 Å². The summed E-state index contributed by atoms with van der Waals surface area (Å²) in [5.41, 5.74) is 0. The van der Waals surface area contributed by atoms with E-state index in [1.165, 1.54) is 31.7 Å². The second-order valence-corrected chi connectivity index (χ2v) is 10.8. The van der Waals surface area contributed by atoms with E-state index in [0.29, 0.717) is 5.04 Å². The molecular formula is C16H32OSi. The number of hydrogen-bond donors (Lipinski definition) is 0. The molecule has 0 aliphatic carbocycles. The van der Waals surface area contributed by atoms with Gasteiger partial charge in [0.15, 0.2) is 8.32 Å². The Labute approximate surface area is 115 Å². The molecular weight excluding hydrogens is 236 g/mol. The Morgan fingerprint density at radius 2 is 1.61 bits per heavy atom. The van der Waals surface area contributed by atoms with Crippen LogP contribution < -0.4 is 0 Å². The van der Waals surface area contributed by atoms with Crippen molar-refractivity contribution >= 4 is 8.32 Å². The van der Waals surface area contributed by atoms with Gasteiger partial charge in [0.1, 0.15) is 0 Å². The quantitative estimate of drug-likeness (QED) is 0.265. The van der Waals surface area contributed by atoms with E-state index in [2.05, 4.69) is 33.6 Å². The molecule has 0 N–H and O–H groups in total. The van der Waals surface area contributed by atoms with Crippen LogP contribution in [0.25, 0.3) is 0 Å². The molecule has 0 fully saturated rings. The van der Waals surface area contributed by atoms with Gasteiger partial charge in [0.25, 0.3) is 0 Å². The van der Waals surface area contributed by atoms with Gasteiger partial charge >= 0.3 is 0 Å². The van der Waals surface area contributed by atoms with Crippen LogP contribution >= 0.6 is 0 Å². The standard InChI is InChI=1S/C16H32OSi/c1-7-9-11-13-15-18(6,17-5)16(3,4)14-12-10-8-2/h7-8H,1-2,9-15H2,3-6H3. The summed E-state index contributed by atoms with van der Waals surface area (Å²) in [5.74, 6) is 0. The van der Waals surface area contributed by atoms with Crippen LogP contribution in [0.4, 0.5) is 0 Å². The van der Waals surface area contributed by atoms with Gasteiger partial charge < -0.3 is 4.43 Å². The van der Waals surface area contributed by atoms with Gasteiger partial charge in [-0.1, -0.05) is 38.8 Å². The topological polar surface area (TPSA) is 9.23 Å². The maximum Gasteiger partial charge on any atom is 0.194 e. The highest BCUT2D eigenvalue weighted by atomic mass is 28.4. The van der Waals surface area contributed by atoms with Crippen molar-refractivity contribution < 1.29 is 4.43 Å². The Morgan fingerprint density at radius 1 is 1.06 bits per heavy atom. The summed E-state index contributed by atoms with van der Waals surface area (Å²) in [6.07, 6.45) is 11.3. The molecule has 1 atom stereocenters. The van der Waals surface area contributed by atoms with Gasteiger partial charge in [-0.15, -0.1) is 13.2 Å². The van der Waals surface area contributed by atoms with Gasteiger partial charge in [-0.2, -0.15) is 0 Å². The first-order valence-corrected chi connectivity index (χ1v) is 9.82. The van der Waals surface area contributed by atoms with Crippen LogP contribution in [0, 0.1) is 0 Å². The van der Waals surface area contributed by atoms with Crippen LogP contribution in [-0.4, -0.2) is 15.4 Å². The summed E-state index contributed by atoms with van der Waals surface area (Å²) in [6.45, 7) is 14.8. The van der Waals surface area contributed by atoms with Crippen molar-refractivity contribution in [2.75, 3.05) is 7.11 Å². The average molecular weight is 269 g/mol. The van der Waals surface area contributed by atoms with Crippen molar-refractivity contribution in [3.63, 3.8) is 0 Å². The van der Waals surface area contributed by atoms with Crippen LogP contribution in [-0.2, 0) is 4.43 Å². The maximum absolute atomic E-state index is 6.00. The van der Waals surface area contributed by atoms with Gasteiger partial charge in [-0.3, -0.25) is 0 Å². The highest BCUT2D eigenvalue weighted by Crippen LogP contribution is 2.45. The summed E-state index contributed by atoms with van der Waals surface area (Å²) < 4.78 is 6.00. The molecule has 0 radical (unpaired) electrons. The van der Waals surface area contributed by atoms with Gasteiger partial charge in [-0.25, -0.2) is 0 Å². The van der Waals surface area contributed by atoms with Crippen LogP contribution in [0.2, 0.25) is 17.6 Å². The van der Waals surface area contributed by atoms with E-state index in [0.717, 1.165) is 12.8 Å². The molecule has 0 amide bonds. The highest BCUT2D eigenvalue weighted by Gasteiger charge is 2.43. The molecule has 0 aromatic carbocycles. The van der Waals surface area contributed by atoms with E-state index < -0.39 is 8.32 Å². The minimum atomic E-state index is -1.62. The van der Waals surface area contributed by atoms with E-state index >= 15 is 0 Å². The first kappa shape index (κ1) is 17.7. The third kappa shape index (κ3) is 5.53. The molecule has 0 saturated heterocycles. The van der Waals surface area contributed by atoms with E-state index in [1.54, 1.807) is 0 Å². The Kier molecular flexibility index (Phi) is 8.54. The number of hydrogen-bond acceptors (Lipinski definition) is 1. The largest absolute Gasteiger partial charge is 0.420 e. The zero-order valence-corrected chi connectivity index (χ0v) is 13.9. The van der Waals surface area contributed by atoms with Crippen molar-refractivity contribution in [1.82, 2.24) is 0 Å². The van der Waals surface area contributed by atoms with E-state index in [1.807, 2.05) is 19.3 Å². The molecule has 1 nitrogen and oxygen atoms in total. The van der Waals surface area contributed by atoms with Crippen molar-refractivity contribution in [3.8, 4) is 0 Å². The molecule has 0 aliphatic heterocycles. The van der Waals surface area contributed by atoms with Crippen molar-refractivity contribution in [2.45, 2.75) is 70.0 Å². The molecule has 0 aromatic rings. The summed E-state index contributed by atoms with van der Waals surface area (Å²) in [4.78, 5) is 0. The van der Waals surface area contributed by atoms with Crippen molar-refractivity contribution in [1.29, 1.82) is 0 Å². The predicted octanol–water partition coefficient (Wildman–Crippen LogP) is 5.70. The van der Waals surface area contributed by atoms with Gasteiger partial charge in [0, 0.05) is 7.11 Å². The molecule has 106 valence electrons. The molecule has 0 spiro atoms. The summed E-state index contributed by atoms with van der Waals surface area (Å²) in [6, 6.07) is 1.26. The van der Waals surface area contributed by atoms with E-state index in [9.17, 15) is 0 Å². The molecule has 0 bridgehead atoms. The third-order valence-electron chi connectivity index (χ3n) is 4.40. The molecule has 0 rings (SSSR count).